The van der Waals surface area contributed by atoms with Gasteiger partial charge in [-0.15, -0.1) is 0 Å². The van der Waals surface area contributed by atoms with E-state index in [-0.39, 0.29) is 0 Å². The number of aryl methyl sites for hydroxylation is 3. The summed E-state index contributed by atoms with van der Waals surface area (Å²) in [7, 11) is 1.94. The second-order valence-electron chi connectivity index (χ2n) is 5.44. The first kappa shape index (κ1) is 15.1. The maximum Gasteiger partial charge on any atom is 0.156 e. The lowest BCUT2D eigenvalue weighted by Gasteiger charge is -2.11. The summed E-state index contributed by atoms with van der Waals surface area (Å²) in [5.74, 6) is 0.975. The van der Waals surface area contributed by atoms with Gasteiger partial charge in [0, 0.05) is 25.2 Å². The van der Waals surface area contributed by atoms with Crippen molar-refractivity contribution in [2.24, 2.45) is 7.05 Å². The Morgan fingerprint density at radius 3 is 2.30 bits per heavy atom. The van der Waals surface area contributed by atoms with Crippen molar-refractivity contribution in [1.82, 2.24) is 24.9 Å². The molecule has 2 aromatic heterocycles. The average molecular weight is 296 g/mol. The summed E-state index contributed by atoms with van der Waals surface area (Å²) < 4.78 is 3.75. The molecule has 0 unspecified atom stereocenters. The Balaban J connectivity index is 2.52. The fourth-order valence-corrected chi connectivity index (χ4v) is 2.42. The van der Waals surface area contributed by atoms with E-state index in [0.717, 1.165) is 35.0 Å². The molecule has 0 saturated heterocycles. The third kappa shape index (κ3) is 2.60. The summed E-state index contributed by atoms with van der Waals surface area (Å²) in [5, 5.41) is 13.2. The molecule has 5 nitrogen and oxygen atoms in total. The first-order valence-electron chi connectivity index (χ1n) is 6.80. The van der Waals surface area contributed by atoms with Crippen LogP contribution in [0, 0.1) is 20.8 Å². The summed E-state index contributed by atoms with van der Waals surface area (Å²) in [6.07, 6.45) is 0. The molecule has 0 spiro atoms. The number of aromatic nitrogens is 4. The van der Waals surface area contributed by atoms with Crippen molar-refractivity contribution in [2.45, 2.75) is 47.2 Å². The van der Waals surface area contributed by atoms with Crippen molar-refractivity contribution >= 4 is 11.6 Å². The minimum Gasteiger partial charge on any atom is -0.310 e. The molecule has 0 amide bonds. The fraction of sp³-hybridized carbons (Fsp3) is 0.571. The molecule has 2 rings (SSSR count). The molecule has 0 bridgehead atoms. The Labute approximate surface area is 124 Å². The molecular formula is C14H22ClN5. The smallest absolute Gasteiger partial charge is 0.156 e. The molecule has 0 aliphatic heterocycles. The van der Waals surface area contributed by atoms with Crippen LogP contribution in [0.2, 0.25) is 5.02 Å². The van der Waals surface area contributed by atoms with Crippen LogP contribution >= 0.6 is 11.6 Å². The van der Waals surface area contributed by atoms with Crippen molar-refractivity contribution in [1.29, 1.82) is 0 Å². The van der Waals surface area contributed by atoms with Crippen molar-refractivity contribution in [3.05, 3.63) is 27.7 Å². The predicted octanol–water partition coefficient (Wildman–Crippen LogP) is 2.68. The topological polar surface area (TPSA) is 47.7 Å². The van der Waals surface area contributed by atoms with Crippen LogP contribution in [0.1, 0.15) is 36.5 Å². The Kier molecular flexibility index (Phi) is 4.20. The molecule has 1 N–H and O–H groups in total. The summed E-state index contributed by atoms with van der Waals surface area (Å²) in [6.45, 7) is 10.9. The average Bonchev–Trinajstić information content (AvgIpc) is 2.77. The van der Waals surface area contributed by atoms with Gasteiger partial charge in [-0.3, -0.25) is 4.68 Å². The van der Waals surface area contributed by atoms with Gasteiger partial charge in [-0.2, -0.15) is 10.2 Å². The van der Waals surface area contributed by atoms with E-state index in [4.69, 9.17) is 11.6 Å². The second kappa shape index (κ2) is 5.58. The molecule has 0 aromatic carbocycles. The van der Waals surface area contributed by atoms with Crippen LogP contribution in [0.4, 0.5) is 0 Å². The largest absolute Gasteiger partial charge is 0.310 e. The van der Waals surface area contributed by atoms with E-state index in [1.165, 1.54) is 0 Å². The van der Waals surface area contributed by atoms with Crippen molar-refractivity contribution in [3.8, 4) is 5.82 Å². The Morgan fingerprint density at radius 1 is 1.15 bits per heavy atom. The zero-order valence-electron chi connectivity index (χ0n) is 13.0. The van der Waals surface area contributed by atoms with E-state index in [0.29, 0.717) is 11.1 Å². The Hall–Kier alpha value is -1.33. The quantitative estimate of drug-likeness (QED) is 0.943. The Morgan fingerprint density at radius 2 is 1.80 bits per heavy atom. The fourth-order valence-electron chi connectivity index (χ4n) is 2.30. The summed E-state index contributed by atoms with van der Waals surface area (Å²) in [5.41, 5.74) is 3.95. The molecular weight excluding hydrogens is 274 g/mol. The minimum absolute atomic E-state index is 0.423. The lowest BCUT2D eigenvalue weighted by molar-refractivity contribution is 0.583. The van der Waals surface area contributed by atoms with E-state index in [2.05, 4.69) is 29.4 Å². The highest BCUT2D eigenvalue weighted by Crippen LogP contribution is 2.25. The number of halogens is 1. The molecule has 0 atom stereocenters. The van der Waals surface area contributed by atoms with Gasteiger partial charge in [0.1, 0.15) is 0 Å². The van der Waals surface area contributed by atoms with Gasteiger partial charge in [-0.05, 0) is 20.8 Å². The van der Waals surface area contributed by atoms with Crippen molar-refractivity contribution in [3.63, 3.8) is 0 Å². The second-order valence-corrected chi connectivity index (χ2v) is 5.82. The molecule has 2 aromatic rings. The van der Waals surface area contributed by atoms with E-state index in [1.807, 2.05) is 37.2 Å². The minimum atomic E-state index is 0.423. The molecule has 0 saturated carbocycles. The van der Waals surface area contributed by atoms with Crippen molar-refractivity contribution in [2.75, 3.05) is 0 Å². The van der Waals surface area contributed by atoms with Gasteiger partial charge in [0.05, 0.1) is 22.1 Å². The van der Waals surface area contributed by atoms with E-state index >= 15 is 0 Å². The standard InChI is InChI=1S/C14H22ClN5/c1-8(2)16-7-12-9(3)17-19(6)14(12)20-11(5)13(15)10(4)18-20/h8,16H,7H2,1-6H3. The van der Waals surface area contributed by atoms with Crippen LogP contribution in [0.15, 0.2) is 0 Å². The van der Waals surface area contributed by atoms with E-state index in [9.17, 15) is 0 Å². The molecule has 6 heteroatoms. The van der Waals surface area contributed by atoms with Crippen LogP contribution < -0.4 is 5.32 Å². The Bertz CT molecular complexity index is 624. The van der Waals surface area contributed by atoms with Crippen LogP contribution in [0.25, 0.3) is 5.82 Å². The van der Waals surface area contributed by atoms with Gasteiger partial charge in [0.15, 0.2) is 5.82 Å². The molecule has 0 aliphatic carbocycles. The number of hydrogen-bond acceptors (Lipinski definition) is 3. The van der Waals surface area contributed by atoms with Crippen LogP contribution in [-0.4, -0.2) is 25.6 Å². The SMILES string of the molecule is Cc1nn(-c2c(CNC(C)C)c(C)nn2C)c(C)c1Cl. The van der Waals surface area contributed by atoms with Gasteiger partial charge < -0.3 is 5.32 Å². The monoisotopic (exact) mass is 295 g/mol. The maximum absolute atomic E-state index is 6.26. The summed E-state index contributed by atoms with van der Waals surface area (Å²) in [4.78, 5) is 0. The van der Waals surface area contributed by atoms with Crippen LogP contribution in [-0.2, 0) is 13.6 Å². The highest BCUT2D eigenvalue weighted by Gasteiger charge is 2.19. The first-order chi connectivity index (χ1) is 9.32. The van der Waals surface area contributed by atoms with Gasteiger partial charge in [0.2, 0.25) is 0 Å². The number of nitrogens with zero attached hydrogens (tertiary/aromatic N) is 4. The third-order valence-electron chi connectivity index (χ3n) is 3.40. The normalized spacial score (nSPS) is 11.6. The molecule has 0 aliphatic rings. The van der Waals surface area contributed by atoms with Crippen LogP contribution in [0.3, 0.4) is 0 Å². The molecule has 2 heterocycles. The molecule has 0 radical (unpaired) electrons. The highest BCUT2D eigenvalue weighted by atomic mass is 35.5. The molecule has 0 fully saturated rings. The molecule has 20 heavy (non-hydrogen) atoms. The van der Waals surface area contributed by atoms with Gasteiger partial charge >= 0.3 is 0 Å². The van der Waals surface area contributed by atoms with E-state index in [1.54, 1.807) is 0 Å². The van der Waals surface area contributed by atoms with Crippen LogP contribution in [0.5, 0.6) is 0 Å². The highest BCUT2D eigenvalue weighted by molar-refractivity contribution is 6.31. The number of hydrogen-bond donors (Lipinski definition) is 1. The number of nitrogens with one attached hydrogen (secondary N) is 1. The maximum atomic E-state index is 6.26. The molecule has 110 valence electrons. The summed E-state index contributed by atoms with van der Waals surface area (Å²) >= 11 is 6.26. The van der Waals surface area contributed by atoms with E-state index < -0.39 is 0 Å². The lowest BCUT2D eigenvalue weighted by atomic mass is 10.2. The predicted molar refractivity (Wildman–Crippen MR) is 81.5 cm³/mol. The first-order valence-corrected chi connectivity index (χ1v) is 7.18. The lowest BCUT2D eigenvalue weighted by Crippen LogP contribution is -2.23. The zero-order chi connectivity index (χ0) is 15.0. The number of rotatable bonds is 4. The third-order valence-corrected chi connectivity index (χ3v) is 3.95. The van der Waals surface area contributed by atoms with Gasteiger partial charge in [-0.25, -0.2) is 4.68 Å². The zero-order valence-corrected chi connectivity index (χ0v) is 13.7. The van der Waals surface area contributed by atoms with Gasteiger partial charge in [0.25, 0.3) is 0 Å². The van der Waals surface area contributed by atoms with Gasteiger partial charge in [-0.1, -0.05) is 25.4 Å². The van der Waals surface area contributed by atoms with Crippen molar-refractivity contribution < 1.29 is 0 Å². The summed E-state index contributed by atoms with van der Waals surface area (Å²) in [6, 6.07) is 0.423.